The van der Waals surface area contributed by atoms with E-state index in [1.807, 2.05) is 30.3 Å². The normalized spacial score (nSPS) is 27.0. The van der Waals surface area contributed by atoms with E-state index in [1.165, 1.54) is 14.2 Å². The third kappa shape index (κ3) is 2.85. The first-order valence-corrected chi connectivity index (χ1v) is 8.50. The summed E-state index contributed by atoms with van der Waals surface area (Å²) in [6.45, 7) is 2.21. The molecule has 8 nitrogen and oxygen atoms in total. The van der Waals surface area contributed by atoms with E-state index in [-0.39, 0.29) is 17.9 Å². The van der Waals surface area contributed by atoms with E-state index in [2.05, 4.69) is 10.6 Å². The molecule has 3 rings (SSSR count). The van der Waals surface area contributed by atoms with Gasteiger partial charge < -0.3 is 20.1 Å². The lowest BCUT2D eigenvalue weighted by Gasteiger charge is -2.51. The topological polar surface area (TPSA) is 103 Å². The second-order valence-corrected chi connectivity index (χ2v) is 6.62. The summed E-state index contributed by atoms with van der Waals surface area (Å²) < 4.78 is 11.2. The van der Waals surface area contributed by atoms with E-state index in [0.717, 1.165) is 5.56 Å². The lowest BCUT2D eigenvalue weighted by atomic mass is 9.69. The molecule has 0 radical (unpaired) electrons. The van der Waals surface area contributed by atoms with Gasteiger partial charge >= 0.3 is 0 Å². The number of ether oxygens (including phenoxy) is 2. The van der Waals surface area contributed by atoms with Crippen LogP contribution in [-0.4, -0.2) is 36.8 Å². The number of carbonyl (C=O) groups excluding carboxylic acids is 1. The maximum absolute atomic E-state index is 12.4. The Morgan fingerprint density at radius 2 is 1.96 bits per heavy atom. The largest absolute Gasteiger partial charge is 0.362 e. The minimum absolute atomic E-state index is 0.00779. The zero-order chi connectivity index (χ0) is 18.9. The Kier molecular flexibility index (Phi) is 4.97. The van der Waals surface area contributed by atoms with Crippen molar-refractivity contribution in [3.05, 3.63) is 57.5 Å². The van der Waals surface area contributed by atoms with Gasteiger partial charge in [0.2, 0.25) is 5.79 Å². The van der Waals surface area contributed by atoms with Crippen LogP contribution in [0.25, 0.3) is 0 Å². The molecular weight excluding hydrogens is 338 g/mol. The first-order valence-electron chi connectivity index (χ1n) is 8.50. The fourth-order valence-corrected chi connectivity index (χ4v) is 3.97. The number of carbonyl (C=O) groups is 1. The second kappa shape index (κ2) is 7.05. The van der Waals surface area contributed by atoms with Crippen molar-refractivity contribution >= 4 is 5.78 Å². The highest BCUT2D eigenvalue weighted by Crippen LogP contribution is 2.46. The quantitative estimate of drug-likeness (QED) is 0.448. The third-order valence-electron chi connectivity index (χ3n) is 5.37. The molecule has 1 aromatic rings. The van der Waals surface area contributed by atoms with Crippen molar-refractivity contribution in [3.63, 3.8) is 0 Å². The molecule has 1 fully saturated rings. The van der Waals surface area contributed by atoms with Crippen LogP contribution in [-0.2, 0) is 20.8 Å². The number of ketones is 1. The van der Waals surface area contributed by atoms with Crippen LogP contribution in [0.1, 0.15) is 18.9 Å². The fraction of sp³-hybridized carbons (Fsp3) is 0.500. The fourth-order valence-electron chi connectivity index (χ4n) is 3.97. The van der Waals surface area contributed by atoms with E-state index >= 15 is 0 Å². The van der Waals surface area contributed by atoms with Gasteiger partial charge in [-0.1, -0.05) is 37.3 Å². The molecule has 0 amide bonds. The summed E-state index contributed by atoms with van der Waals surface area (Å²) in [6, 6.07) is 9.07. The van der Waals surface area contributed by atoms with Gasteiger partial charge in [0.1, 0.15) is 11.7 Å². The number of hydrogen-bond donors (Lipinski definition) is 2. The molecule has 2 bridgehead atoms. The molecule has 1 saturated carbocycles. The smallest absolute Gasteiger partial charge is 0.294 e. The minimum atomic E-state index is -1.26. The maximum atomic E-state index is 12.4. The zero-order valence-electron chi connectivity index (χ0n) is 15.0. The molecule has 0 aromatic heterocycles. The van der Waals surface area contributed by atoms with Crippen LogP contribution in [0.4, 0.5) is 0 Å². The van der Waals surface area contributed by atoms with Gasteiger partial charge in [0.15, 0.2) is 5.82 Å². The van der Waals surface area contributed by atoms with Gasteiger partial charge in [-0.05, 0) is 5.56 Å². The SMILES string of the molecule is COC1(OC)C2CC(=O)C(C)C1NC(NCc1ccccc1)=C2[N+](=O)[O-]. The number of methoxy groups -OCH3 is 2. The van der Waals surface area contributed by atoms with Gasteiger partial charge in [-0.15, -0.1) is 0 Å². The average Bonchev–Trinajstić information content (AvgIpc) is 2.65. The molecule has 3 atom stereocenters. The Hall–Kier alpha value is -2.45. The van der Waals surface area contributed by atoms with Gasteiger partial charge in [-0.3, -0.25) is 14.9 Å². The Morgan fingerprint density at radius 3 is 2.54 bits per heavy atom. The van der Waals surface area contributed by atoms with Gasteiger partial charge in [0.25, 0.3) is 5.70 Å². The van der Waals surface area contributed by atoms with Crippen molar-refractivity contribution in [2.75, 3.05) is 14.2 Å². The van der Waals surface area contributed by atoms with E-state index in [1.54, 1.807) is 6.92 Å². The summed E-state index contributed by atoms with van der Waals surface area (Å²) >= 11 is 0. The first kappa shape index (κ1) is 18.3. The lowest BCUT2D eigenvalue weighted by molar-refractivity contribution is -0.451. The van der Waals surface area contributed by atoms with E-state index in [9.17, 15) is 14.9 Å². The highest BCUT2D eigenvalue weighted by Gasteiger charge is 2.63. The summed E-state index contributed by atoms with van der Waals surface area (Å²) in [7, 11) is 2.90. The number of fused-ring (bicyclic) bond motifs is 2. The van der Waals surface area contributed by atoms with E-state index in [4.69, 9.17) is 9.47 Å². The number of benzene rings is 1. The maximum Gasteiger partial charge on any atom is 0.294 e. The average molecular weight is 361 g/mol. The Morgan fingerprint density at radius 1 is 1.31 bits per heavy atom. The van der Waals surface area contributed by atoms with Crippen LogP contribution in [0.5, 0.6) is 0 Å². The Balaban J connectivity index is 2.00. The van der Waals surface area contributed by atoms with E-state index < -0.39 is 28.6 Å². The van der Waals surface area contributed by atoms with Crippen LogP contribution in [0.2, 0.25) is 0 Å². The lowest BCUT2D eigenvalue weighted by Crippen LogP contribution is -2.69. The number of nitrogens with zero attached hydrogens (tertiary/aromatic N) is 1. The Labute approximate surface area is 151 Å². The van der Waals surface area contributed by atoms with Crippen molar-refractivity contribution in [2.45, 2.75) is 31.7 Å². The number of nitro groups is 1. The van der Waals surface area contributed by atoms with Crippen molar-refractivity contribution in [1.82, 2.24) is 10.6 Å². The molecule has 26 heavy (non-hydrogen) atoms. The number of Topliss-reactive ketones (excluding diaryl/α,β-unsaturated/α-hetero) is 1. The van der Waals surface area contributed by atoms with Crippen LogP contribution in [0.15, 0.2) is 41.8 Å². The predicted molar refractivity (Wildman–Crippen MR) is 93.3 cm³/mol. The second-order valence-electron chi connectivity index (χ2n) is 6.62. The molecule has 0 spiro atoms. The predicted octanol–water partition coefficient (Wildman–Crippen LogP) is 1.41. The summed E-state index contributed by atoms with van der Waals surface area (Å²) in [5.41, 5.74) is 0.884. The summed E-state index contributed by atoms with van der Waals surface area (Å²) in [4.78, 5) is 23.7. The molecule has 8 heteroatoms. The Bertz CT molecular complexity index is 730. The molecule has 3 unspecified atom stereocenters. The highest BCUT2D eigenvalue weighted by molar-refractivity contribution is 5.83. The zero-order valence-corrected chi connectivity index (χ0v) is 15.0. The molecule has 1 aliphatic heterocycles. The van der Waals surface area contributed by atoms with Crippen molar-refractivity contribution < 1.29 is 19.2 Å². The van der Waals surface area contributed by atoms with Gasteiger partial charge in [0.05, 0.1) is 11.0 Å². The monoisotopic (exact) mass is 361 g/mol. The molecule has 2 N–H and O–H groups in total. The molecule has 0 saturated heterocycles. The van der Waals surface area contributed by atoms with Gasteiger partial charge in [-0.2, -0.15) is 0 Å². The molecule has 1 aliphatic carbocycles. The minimum Gasteiger partial charge on any atom is -0.362 e. The first-order chi connectivity index (χ1) is 12.4. The number of hydrogen-bond acceptors (Lipinski definition) is 7. The van der Waals surface area contributed by atoms with Crippen LogP contribution >= 0.6 is 0 Å². The summed E-state index contributed by atoms with van der Waals surface area (Å²) in [6.07, 6.45) is 0.00779. The molecule has 1 aromatic carbocycles. The van der Waals surface area contributed by atoms with Crippen molar-refractivity contribution in [3.8, 4) is 0 Å². The molecular formula is C18H23N3O5. The number of nitrogens with one attached hydrogen (secondary N) is 2. The van der Waals surface area contributed by atoms with Crippen LogP contribution in [0, 0.1) is 22.0 Å². The van der Waals surface area contributed by atoms with Crippen LogP contribution in [0.3, 0.4) is 0 Å². The van der Waals surface area contributed by atoms with E-state index in [0.29, 0.717) is 12.4 Å². The highest BCUT2D eigenvalue weighted by atomic mass is 16.7. The molecule has 2 aliphatic rings. The molecule has 140 valence electrons. The van der Waals surface area contributed by atoms with Gasteiger partial charge in [-0.25, -0.2) is 0 Å². The standard InChI is InChI=1S/C18H23N3O5/c1-11-14(22)9-13-15(21(23)24)17(19-10-12-7-5-4-6-8-12)20-16(11)18(13,25-2)26-3/h4-8,11,13,16,19-20H,9-10H2,1-3H3. The third-order valence-corrected chi connectivity index (χ3v) is 5.37. The molecule has 1 heterocycles. The number of rotatable bonds is 6. The van der Waals surface area contributed by atoms with Gasteiger partial charge in [0, 0.05) is 33.1 Å². The van der Waals surface area contributed by atoms with Crippen LogP contribution < -0.4 is 10.6 Å². The van der Waals surface area contributed by atoms with Crippen molar-refractivity contribution in [2.24, 2.45) is 11.8 Å². The summed E-state index contributed by atoms with van der Waals surface area (Å²) in [5, 5.41) is 18.1. The van der Waals surface area contributed by atoms with Crippen molar-refractivity contribution in [1.29, 1.82) is 0 Å². The summed E-state index contributed by atoms with van der Waals surface area (Å²) in [5.74, 6) is -2.17.